The number of aliphatic hydroxyl groups is 2. The molecule has 0 radical (unpaired) electrons. The van der Waals surface area contributed by atoms with Crippen LogP contribution in [0.5, 0.6) is 0 Å². The first-order valence-corrected chi connectivity index (χ1v) is 10.4. The lowest BCUT2D eigenvalue weighted by molar-refractivity contribution is -0.135. The molecule has 3 heteroatoms. The summed E-state index contributed by atoms with van der Waals surface area (Å²) in [6.07, 6.45) is 13.7. The molecule has 4 aliphatic carbocycles. The Kier molecular flexibility index (Phi) is 4.59. The molecular weight excluding hydrogens is 336 g/mol. The van der Waals surface area contributed by atoms with Gasteiger partial charge < -0.3 is 10.2 Å². The molecule has 2 unspecified atom stereocenters. The minimum Gasteiger partial charge on any atom is -0.392 e. The van der Waals surface area contributed by atoms with Crippen molar-refractivity contribution in [1.29, 1.82) is 0 Å². The molecule has 4 aliphatic rings. The van der Waals surface area contributed by atoms with Crippen LogP contribution in [-0.2, 0) is 4.79 Å². The van der Waals surface area contributed by atoms with Crippen LogP contribution >= 0.6 is 0 Å². The third-order valence-electron chi connectivity index (χ3n) is 7.92. The van der Waals surface area contributed by atoms with E-state index in [-0.39, 0.29) is 17.8 Å². The van der Waals surface area contributed by atoms with Gasteiger partial charge in [0.15, 0.2) is 5.78 Å². The molecule has 3 fully saturated rings. The van der Waals surface area contributed by atoms with Crippen LogP contribution < -0.4 is 0 Å². The first kappa shape index (κ1) is 18.9. The van der Waals surface area contributed by atoms with Gasteiger partial charge in [-0.05, 0) is 91.8 Å². The lowest BCUT2D eigenvalue weighted by Gasteiger charge is -2.53. The van der Waals surface area contributed by atoms with Crippen molar-refractivity contribution in [2.45, 2.75) is 58.0 Å². The van der Waals surface area contributed by atoms with E-state index in [9.17, 15) is 9.90 Å². The minimum atomic E-state index is -1.20. The Labute approximate surface area is 162 Å². The first-order chi connectivity index (χ1) is 12.8. The molecule has 0 aromatic carbocycles. The van der Waals surface area contributed by atoms with Crippen molar-refractivity contribution in [2.75, 3.05) is 6.61 Å². The van der Waals surface area contributed by atoms with Gasteiger partial charge in [-0.15, -0.1) is 0 Å². The van der Waals surface area contributed by atoms with Gasteiger partial charge in [-0.3, -0.25) is 4.79 Å². The Bertz CT molecular complexity index is 754. The Hall–Kier alpha value is -1.45. The van der Waals surface area contributed by atoms with E-state index in [4.69, 9.17) is 5.11 Å². The predicted octanol–water partition coefficient (Wildman–Crippen LogP) is 4.13. The maximum atomic E-state index is 12.2. The second-order valence-electron chi connectivity index (χ2n) is 9.71. The molecule has 0 aromatic heterocycles. The lowest BCUT2D eigenvalue weighted by Crippen LogP contribution is -2.49. The van der Waals surface area contributed by atoms with Crippen molar-refractivity contribution in [1.82, 2.24) is 0 Å². The number of allylic oxidation sites excluding steroid dienone is 5. The normalized spacial score (nSPS) is 45.6. The molecule has 0 amide bonds. The first-order valence-electron chi connectivity index (χ1n) is 10.4. The van der Waals surface area contributed by atoms with E-state index in [1.165, 1.54) is 29.6 Å². The van der Waals surface area contributed by atoms with Crippen molar-refractivity contribution in [2.24, 2.45) is 29.1 Å². The smallest absolute Gasteiger partial charge is 0.186 e. The predicted molar refractivity (Wildman–Crippen MR) is 107 cm³/mol. The Balaban J connectivity index is 1.64. The molecule has 0 bridgehead atoms. The van der Waals surface area contributed by atoms with Crippen molar-refractivity contribution >= 4 is 5.78 Å². The quantitative estimate of drug-likeness (QED) is 0.770. The highest BCUT2D eigenvalue weighted by Gasteiger charge is 2.56. The summed E-state index contributed by atoms with van der Waals surface area (Å²) in [5.74, 6) is 1.87. The van der Waals surface area contributed by atoms with Crippen LogP contribution in [0.15, 0.2) is 47.6 Å². The molecule has 3 nitrogen and oxygen atoms in total. The number of aliphatic hydroxyl groups excluding tert-OH is 1. The summed E-state index contributed by atoms with van der Waals surface area (Å²) in [7, 11) is 0. The highest BCUT2D eigenvalue weighted by molar-refractivity contribution is 5.98. The van der Waals surface area contributed by atoms with Crippen LogP contribution in [0.4, 0.5) is 0 Å². The summed E-state index contributed by atoms with van der Waals surface area (Å²) in [6.45, 7) is 8.66. The largest absolute Gasteiger partial charge is 0.392 e. The van der Waals surface area contributed by atoms with Gasteiger partial charge in [0, 0.05) is 0 Å². The molecule has 0 aromatic rings. The SMILES string of the molecule is C=C1C(=CC=CCO)C[C@@]2(C)CC[C@@H]3[C@H]4CC(C)(O)C(=O)C=C4CC[C@H]3C12. The molecule has 3 saturated carbocycles. The fourth-order valence-corrected chi connectivity index (χ4v) is 6.66. The second-order valence-corrected chi connectivity index (χ2v) is 9.71. The van der Waals surface area contributed by atoms with E-state index in [0.29, 0.717) is 30.1 Å². The van der Waals surface area contributed by atoms with Gasteiger partial charge in [-0.1, -0.05) is 37.3 Å². The number of fused-ring (bicyclic) bond motifs is 5. The maximum Gasteiger partial charge on any atom is 0.186 e. The fraction of sp³-hybridized carbons (Fsp3) is 0.625. The van der Waals surface area contributed by atoms with Crippen molar-refractivity contribution in [3.63, 3.8) is 0 Å². The van der Waals surface area contributed by atoms with Crippen LogP contribution in [0.1, 0.15) is 52.4 Å². The van der Waals surface area contributed by atoms with E-state index in [1.54, 1.807) is 19.1 Å². The number of hydrogen-bond acceptors (Lipinski definition) is 3. The fourth-order valence-electron chi connectivity index (χ4n) is 6.66. The van der Waals surface area contributed by atoms with E-state index in [2.05, 4.69) is 19.6 Å². The lowest BCUT2D eigenvalue weighted by atomic mass is 9.51. The molecule has 0 spiro atoms. The number of carbonyl (C=O) groups is 1. The Morgan fingerprint density at radius 3 is 2.81 bits per heavy atom. The molecule has 6 atom stereocenters. The van der Waals surface area contributed by atoms with Gasteiger partial charge in [0.1, 0.15) is 5.60 Å². The van der Waals surface area contributed by atoms with Crippen LogP contribution in [-0.4, -0.2) is 28.2 Å². The number of hydrogen-bond donors (Lipinski definition) is 2. The van der Waals surface area contributed by atoms with Crippen molar-refractivity contribution in [3.05, 3.63) is 47.6 Å². The molecule has 0 aliphatic heterocycles. The van der Waals surface area contributed by atoms with E-state index in [0.717, 1.165) is 19.3 Å². The topological polar surface area (TPSA) is 57.5 Å². The van der Waals surface area contributed by atoms with Crippen LogP contribution in [0.25, 0.3) is 0 Å². The average Bonchev–Trinajstić information content (AvgIpc) is 2.87. The van der Waals surface area contributed by atoms with Crippen molar-refractivity contribution in [3.8, 4) is 0 Å². The molecular formula is C24H32O3. The summed E-state index contributed by atoms with van der Waals surface area (Å²) in [5.41, 5.74) is 2.96. The van der Waals surface area contributed by atoms with Crippen LogP contribution in [0.3, 0.4) is 0 Å². The molecule has 146 valence electrons. The zero-order chi connectivity index (χ0) is 19.4. The number of rotatable bonds is 2. The summed E-state index contributed by atoms with van der Waals surface area (Å²) in [4.78, 5) is 12.2. The Morgan fingerprint density at radius 2 is 2.07 bits per heavy atom. The molecule has 4 rings (SSSR count). The van der Waals surface area contributed by atoms with E-state index in [1.807, 2.05) is 6.08 Å². The van der Waals surface area contributed by atoms with Crippen LogP contribution in [0, 0.1) is 29.1 Å². The summed E-state index contributed by atoms with van der Waals surface area (Å²) >= 11 is 0. The zero-order valence-electron chi connectivity index (χ0n) is 16.6. The van der Waals surface area contributed by atoms with E-state index < -0.39 is 5.60 Å². The molecule has 0 saturated heterocycles. The van der Waals surface area contributed by atoms with Gasteiger partial charge in [0.2, 0.25) is 0 Å². The van der Waals surface area contributed by atoms with Crippen LogP contribution in [0.2, 0.25) is 0 Å². The standard InChI is InChI=1S/C24H32O3/c1-15-17(6-4-5-11-25)13-23(2)10-9-18-19(22(15)23)8-7-16-12-21(26)24(3,27)14-20(16)18/h4-6,12,18-20,22,25,27H,1,7-11,13-14H2,2-3H3/t18-,19+,20-,22?,23+,24?/m0/s1. The summed E-state index contributed by atoms with van der Waals surface area (Å²) < 4.78 is 0. The molecule has 0 heterocycles. The highest BCUT2D eigenvalue weighted by Crippen LogP contribution is 2.64. The van der Waals surface area contributed by atoms with Gasteiger partial charge in [-0.2, -0.15) is 0 Å². The van der Waals surface area contributed by atoms with Gasteiger partial charge in [0.25, 0.3) is 0 Å². The van der Waals surface area contributed by atoms with E-state index >= 15 is 0 Å². The van der Waals surface area contributed by atoms with Crippen molar-refractivity contribution < 1.29 is 15.0 Å². The number of ketones is 1. The number of carbonyl (C=O) groups excluding carboxylic acids is 1. The summed E-state index contributed by atoms with van der Waals surface area (Å²) in [5, 5.41) is 19.6. The summed E-state index contributed by atoms with van der Waals surface area (Å²) in [6, 6.07) is 0. The second kappa shape index (κ2) is 6.56. The monoisotopic (exact) mass is 368 g/mol. The average molecular weight is 369 g/mol. The minimum absolute atomic E-state index is 0.0666. The highest BCUT2D eigenvalue weighted by atomic mass is 16.3. The molecule has 2 N–H and O–H groups in total. The van der Waals surface area contributed by atoms with Gasteiger partial charge >= 0.3 is 0 Å². The van der Waals surface area contributed by atoms with Gasteiger partial charge in [0.05, 0.1) is 6.61 Å². The Morgan fingerprint density at radius 1 is 1.30 bits per heavy atom. The third kappa shape index (κ3) is 3.00. The zero-order valence-corrected chi connectivity index (χ0v) is 16.6. The molecule has 27 heavy (non-hydrogen) atoms. The maximum absolute atomic E-state index is 12.2. The third-order valence-corrected chi connectivity index (χ3v) is 7.92. The van der Waals surface area contributed by atoms with Gasteiger partial charge in [-0.25, -0.2) is 0 Å².